The standard InChI is InChI=1S/C48H38N12O12/c61-33(9-13-37(65)66)49-21-1-5-25-29(17-21)45-53-41(25)57-46-30-18-22(50-34(62)10-14-38(67)68)2-6-26(30)43(54-46)59-48-32-20-24(52-36(64)12-16-40(71)72)4-8-28(32)44(56-48)60-47-31-19-23(51-35(63)11-15-39(69)70)3-7-27(31)42(55-47)58-45/h1-8,17-20H,9-16H2,(H,49,61)(H,50,62)(H,51,63)(H,52,64)(H,65,66)(H,67,68)(H,69,70)(H,71,72)(H2,53,54,55,56,57,58,59,60). The first-order valence-electron chi connectivity index (χ1n) is 22.0. The number of nitrogens with zero attached hydrogens (tertiary/aromatic N) is 6. The lowest BCUT2D eigenvalue weighted by molar-refractivity contribution is -0.138. The van der Waals surface area contributed by atoms with Crippen LogP contribution in [0.15, 0.2) is 72.8 Å². The SMILES string of the molecule is O=C(O)CCC(=O)Nc1ccc2c(c1)-c1nc-2nc2[nH]c(nc3nc(nc4[nH]c(n1)c1ccc(NC(=O)CCC(=O)O)cc41)-c1ccc(NC(=O)CCC(=O)O)cc1-3)c1ccc(NC(=O)CCC(=O)O)cc21. The maximum Gasteiger partial charge on any atom is 0.303 e. The summed E-state index contributed by atoms with van der Waals surface area (Å²) in [5, 5.41) is 49.3. The third-order valence-corrected chi connectivity index (χ3v) is 11.2. The molecule has 4 amide bonds. The van der Waals surface area contributed by atoms with E-state index in [4.69, 9.17) is 50.3 Å². The Morgan fingerprint density at radius 3 is 0.931 bits per heavy atom. The molecule has 2 aliphatic rings. The first kappa shape index (κ1) is 47.1. The van der Waals surface area contributed by atoms with E-state index in [-0.39, 0.29) is 71.6 Å². The first-order valence-corrected chi connectivity index (χ1v) is 22.0. The van der Waals surface area contributed by atoms with Gasteiger partial charge in [0.1, 0.15) is 22.6 Å². The fraction of sp³-hybridized carbons (Fsp3) is 0.167. The van der Waals surface area contributed by atoms with Gasteiger partial charge in [0.05, 0.1) is 25.7 Å². The third kappa shape index (κ3) is 10.4. The molecule has 72 heavy (non-hydrogen) atoms. The lowest BCUT2D eigenvalue weighted by atomic mass is 10.1. The van der Waals surface area contributed by atoms with Crippen LogP contribution in [0.2, 0.25) is 0 Å². The summed E-state index contributed by atoms with van der Waals surface area (Å²) in [6.07, 6.45) is -2.72. The second kappa shape index (κ2) is 19.5. The summed E-state index contributed by atoms with van der Waals surface area (Å²) in [4.78, 5) is 132. The number of nitrogens with one attached hydrogen (secondary N) is 6. The molecular weight excluding hydrogens is 937 g/mol. The number of anilines is 4. The molecule has 0 fully saturated rings. The molecule has 4 aromatic carbocycles. The van der Waals surface area contributed by atoms with Gasteiger partial charge in [-0.3, -0.25) is 38.4 Å². The molecule has 24 heteroatoms. The highest BCUT2D eigenvalue weighted by Gasteiger charge is 2.25. The topological polar surface area (TPSA) is 375 Å². The van der Waals surface area contributed by atoms with Crippen LogP contribution in [0.3, 0.4) is 0 Å². The second-order valence-corrected chi connectivity index (χ2v) is 16.4. The normalized spacial score (nSPS) is 11.3. The molecule has 0 spiro atoms. The molecule has 24 nitrogen and oxygen atoms in total. The minimum atomic E-state index is -1.14. The number of hydrogen-bond donors (Lipinski definition) is 10. The number of rotatable bonds is 16. The van der Waals surface area contributed by atoms with Gasteiger partial charge < -0.3 is 51.7 Å². The Kier molecular flexibility index (Phi) is 12.8. The van der Waals surface area contributed by atoms with E-state index in [1.807, 2.05) is 0 Å². The molecule has 10 N–H and O–H groups in total. The van der Waals surface area contributed by atoms with Crippen LogP contribution in [0, 0.1) is 0 Å². The summed E-state index contributed by atoms with van der Waals surface area (Å²) in [5.74, 6) is -6.27. The van der Waals surface area contributed by atoms with Crippen molar-refractivity contribution in [1.82, 2.24) is 39.9 Å². The lowest BCUT2D eigenvalue weighted by Crippen LogP contribution is -2.13. The number of aromatic amines is 2. The molecule has 5 heterocycles. The number of aromatic nitrogens is 8. The number of carboxylic acids is 4. The van der Waals surface area contributed by atoms with Gasteiger partial charge in [0.2, 0.25) is 23.6 Å². The molecule has 0 atom stereocenters. The molecule has 2 aliphatic heterocycles. The van der Waals surface area contributed by atoms with Crippen molar-refractivity contribution in [2.75, 3.05) is 21.3 Å². The summed E-state index contributed by atoms with van der Waals surface area (Å²) in [6.45, 7) is 0. The fourth-order valence-electron chi connectivity index (χ4n) is 7.88. The second-order valence-electron chi connectivity index (χ2n) is 16.4. The van der Waals surface area contributed by atoms with Crippen LogP contribution in [-0.2, 0) is 38.4 Å². The van der Waals surface area contributed by atoms with Crippen LogP contribution in [0.1, 0.15) is 51.4 Å². The average Bonchev–Trinajstić information content (AvgIpc) is 4.06. The van der Waals surface area contributed by atoms with Crippen molar-refractivity contribution in [3.8, 4) is 45.6 Å². The Bertz CT molecular complexity index is 3440. The third-order valence-electron chi connectivity index (χ3n) is 11.2. The fourth-order valence-corrected chi connectivity index (χ4v) is 7.88. The van der Waals surface area contributed by atoms with Crippen LogP contribution in [0.4, 0.5) is 22.7 Å². The van der Waals surface area contributed by atoms with Gasteiger partial charge in [-0.25, -0.2) is 29.9 Å². The highest BCUT2D eigenvalue weighted by molar-refractivity contribution is 6.09. The number of fused-ring (bicyclic) bond motifs is 20. The summed E-state index contributed by atoms with van der Waals surface area (Å²) in [5.41, 5.74) is 3.80. The molecule has 3 aromatic heterocycles. The zero-order valence-electron chi connectivity index (χ0n) is 37.3. The Balaban J connectivity index is 1.30. The zero-order chi connectivity index (χ0) is 50.8. The van der Waals surface area contributed by atoms with Crippen molar-refractivity contribution in [2.45, 2.75) is 51.4 Å². The van der Waals surface area contributed by atoms with E-state index in [2.05, 4.69) is 31.2 Å². The Morgan fingerprint density at radius 2 is 0.611 bits per heavy atom. The Labute approximate surface area is 403 Å². The summed E-state index contributed by atoms with van der Waals surface area (Å²) in [7, 11) is 0. The summed E-state index contributed by atoms with van der Waals surface area (Å²) < 4.78 is 0. The van der Waals surface area contributed by atoms with Gasteiger partial charge in [-0.2, -0.15) is 0 Å². The molecule has 0 aliphatic carbocycles. The quantitative estimate of drug-likeness (QED) is 0.0524. The van der Waals surface area contributed by atoms with Crippen molar-refractivity contribution in [1.29, 1.82) is 0 Å². The van der Waals surface area contributed by atoms with Crippen LogP contribution in [-0.4, -0.2) is 108 Å². The number of benzene rings is 4. The van der Waals surface area contributed by atoms with Crippen molar-refractivity contribution < 1.29 is 58.8 Å². The minimum absolute atomic E-state index is 0.113. The number of amides is 4. The smallest absolute Gasteiger partial charge is 0.303 e. The van der Waals surface area contributed by atoms with E-state index in [0.717, 1.165) is 0 Å². The highest BCUT2D eigenvalue weighted by Crippen LogP contribution is 2.39. The van der Waals surface area contributed by atoms with Crippen LogP contribution >= 0.6 is 0 Å². The molecule has 0 unspecified atom stereocenters. The van der Waals surface area contributed by atoms with Gasteiger partial charge in [0, 0.05) is 92.2 Å². The Hall–Kier alpha value is -10.0. The molecule has 0 radical (unpaired) electrons. The maximum absolute atomic E-state index is 12.8. The average molecular weight is 975 g/mol. The molecule has 0 saturated carbocycles. The predicted octanol–water partition coefficient (Wildman–Crippen LogP) is 6.08. The van der Waals surface area contributed by atoms with Crippen LogP contribution in [0.5, 0.6) is 0 Å². The van der Waals surface area contributed by atoms with E-state index in [1.165, 1.54) is 0 Å². The van der Waals surface area contributed by atoms with Crippen molar-refractivity contribution in [3.05, 3.63) is 72.8 Å². The van der Waals surface area contributed by atoms with Gasteiger partial charge in [-0.1, -0.05) is 0 Å². The van der Waals surface area contributed by atoms with Crippen LogP contribution < -0.4 is 21.3 Å². The first-order chi connectivity index (χ1) is 34.5. The molecule has 9 rings (SSSR count). The Morgan fingerprint density at radius 1 is 0.333 bits per heavy atom. The van der Waals surface area contributed by atoms with Gasteiger partial charge in [-0.05, 0) is 72.8 Å². The lowest BCUT2D eigenvalue weighted by Gasteiger charge is -2.07. The van der Waals surface area contributed by atoms with Crippen molar-refractivity contribution >= 4 is 114 Å². The molecule has 362 valence electrons. The monoisotopic (exact) mass is 974 g/mol. The molecule has 0 saturated heterocycles. The summed E-state index contributed by atoms with van der Waals surface area (Å²) >= 11 is 0. The van der Waals surface area contributed by atoms with Gasteiger partial charge >= 0.3 is 23.9 Å². The summed E-state index contributed by atoms with van der Waals surface area (Å²) in [6, 6.07) is 19.5. The molecule has 7 aromatic rings. The van der Waals surface area contributed by atoms with Gasteiger partial charge in [0.15, 0.2) is 23.3 Å². The molecular formula is C48H38N12O12. The van der Waals surface area contributed by atoms with Gasteiger partial charge in [-0.15, -0.1) is 0 Å². The number of H-pyrrole nitrogens is 2. The number of aliphatic carboxylic acids is 4. The highest BCUT2D eigenvalue weighted by atomic mass is 16.4. The number of carboxylic acid groups (broad SMARTS) is 4. The van der Waals surface area contributed by atoms with E-state index >= 15 is 0 Å². The van der Waals surface area contributed by atoms with Crippen LogP contribution in [0.25, 0.3) is 89.7 Å². The van der Waals surface area contributed by atoms with E-state index in [1.54, 1.807) is 72.8 Å². The van der Waals surface area contributed by atoms with E-state index < -0.39 is 73.2 Å². The maximum atomic E-state index is 12.8. The van der Waals surface area contributed by atoms with E-state index in [0.29, 0.717) is 66.5 Å². The van der Waals surface area contributed by atoms with E-state index in [9.17, 15) is 38.4 Å². The minimum Gasteiger partial charge on any atom is -0.481 e. The van der Waals surface area contributed by atoms with Crippen molar-refractivity contribution in [2.24, 2.45) is 0 Å². The number of carbonyl (C=O) groups is 8. The number of hydrogen-bond acceptors (Lipinski definition) is 14. The molecule has 8 bridgehead atoms. The largest absolute Gasteiger partial charge is 0.481 e. The predicted molar refractivity (Wildman–Crippen MR) is 258 cm³/mol. The zero-order valence-corrected chi connectivity index (χ0v) is 37.3. The van der Waals surface area contributed by atoms with Gasteiger partial charge in [0.25, 0.3) is 0 Å². The number of carbonyl (C=O) groups excluding carboxylic acids is 4. The van der Waals surface area contributed by atoms with Crippen molar-refractivity contribution in [3.63, 3.8) is 0 Å².